The molecule has 0 aliphatic carbocycles. The maximum Gasteiger partial charge on any atom is 0.165 e. The van der Waals surface area contributed by atoms with Gasteiger partial charge in [-0.25, -0.2) is 4.39 Å². The molecule has 0 bridgehead atoms. The van der Waals surface area contributed by atoms with E-state index < -0.39 is 5.82 Å². The number of benzene rings is 1. The molecule has 0 saturated carbocycles. The Hall–Kier alpha value is -1.17. The van der Waals surface area contributed by atoms with E-state index in [1.165, 1.54) is 6.07 Å². The summed E-state index contributed by atoms with van der Waals surface area (Å²) in [6, 6.07) is 3.20. The quantitative estimate of drug-likeness (QED) is 0.899. The number of nitrogens with zero attached hydrogens (tertiary/aromatic N) is 1. The molecule has 0 amide bonds. The molecule has 2 aliphatic heterocycles. The molecule has 22 heavy (non-hydrogen) atoms. The van der Waals surface area contributed by atoms with Crippen LogP contribution in [0.3, 0.4) is 0 Å². The highest BCUT2D eigenvalue weighted by molar-refractivity contribution is 5.42. The first-order chi connectivity index (χ1) is 10.7. The van der Waals surface area contributed by atoms with Gasteiger partial charge in [0.2, 0.25) is 0 Å². The predicted molar refractivity (Wildman–Crippen MR) is 83.5 cm³/mol. The number of phenolic OH excluding ortho intramolecular Hbond substituents is 1. The molecule has 0 radical (unpaired) electrons. The normalized spacial score (nSPS) is 22.6. The van der Waals surface area contributed by atoms with Crippen molar-refractivity contribution in [3.63, 3.8) is 0 Å². The van der Waals surface area contributed by atoms with Crippen molar-refractivity contribution in [3.8, 4) is 5.75 Å². The van der Waals surface area contributed by atoms with Gasteiger partial charge >= 0.3 is 0 Å². The third-order valence-electron chi connectivity index (χ3n) is 4.94. The van der Waals surface area contributed by atoms with Crippen LogP contribution in [0.25, 0.3) is 0 Å². The van der Waals surface area contributed by atoms with E-state index in [1.807, 2.05) is 6.92 Å². The second-order valence-corrected chi connectivity index (χ2v) is 6.31. The Morgan fingerprint density at radius 1 is 1.27 bits per heavy atom. The summed E-state index contributed by atoms with van der Waals surface area (Å²) in [6.45, 7) is 7.20. The Morgan fingerprint density at radius 2 is 1.95 bits per heavy atom. The molecular weight excluding hydrogens is 283 g/mol. The number of ether oxygens (including phenoxy) is 1. The fourth-order valence-corrected chi connectivity index (χ4v) is 3.76. The SMILES string of the molecule is Cc1ccc(F)c(O)c1[C@@H](C1CCOCC1)N1CCNCC1. The van der Waals surface area contributed by atoms with Crippen LogP contribution in [0, 0.1) is 18.7 Å². The minimum absolute atomic E-state index is 0.0710. The molecule has 2 N–H and O–H groups in total. The van der Waals surface area contributed by atoms with Gasteiger partial charge in [0.15, 0.2) is 11.6 Å². The first kappa shape index (κ1) is 15.7. The van der Waals surface area contributed by atoms with E-state index in [0.717, 1.165) is 63.4 Å². The molecule has 2 saturated heterocycles. The molecule has 1 aromatic carbocycles. The molecule has 2 fully saturated rings. The highest BCUT2D eigenvalue weighted by atomic mass is 19.1. The standard InChI is InChI=1S/C17H25FN2O2/c1-12-2-3-14(18)17(21)15(12)16(13-4-10-22-11-5-13)20-8-6-19-7-9-20/h2-3,13,16,19,21H,4-11H2,1H3/t16-/m1/s1. The summed E-state index contributed by atoms with van der Waals surface area (Å²) >= 11 is 0. The summed E-state index contributed by atoms with van der Waals surface area (Å²) in [5.74, 6) is -0.291. The molecular formula is C17H25FN2O2. The van der Waals surface area contributed by atoms with Crippen molar-refractivity contribution in [1.82, 2.24) is 10.2 Å². The van der Waals surface area contributed by atoms with Crippen molar-refractivity contribution in [1.29, 1.82) is 0 Å². The van der Waals surface area contributed by atoms with Crippen LogP contribution in [0.1, 0.15) is 30.0 Å². The lowest BCUT2D eigenvalue weighted by Gasteiger charge is -2.41. The number of phenols is 1. The van der Waals surface area contributed by atoms with Crippen LogP contribution in [-0.4, -0.2) is 49.4 Å². The molecule has 4 nitrogen and oxygen atoms in total. The summed E-state index contributed by atoms with van der Waals surface area (Å²) in [5, 5.41) is 13.7. The second kappa shape index (κ2) is 6.94. The largest absolute Gasteiger partial charge is 0.505 e. The van der Waals surface area contributed by atoms with E-state index in [4.69, 9.17) is 4.74 Å². The number of halogens is 1. The molecule has 2 aliphatic rings. The van der Waals surface area contributed by atoms with Crippen LogP contribution in [0.2, 0.25) is 0 Å². The Bertz CT molecular complexity index is 494. The van der Waals surface area contributed by atoms with Gasteiger partial charge in [0, 0.05) is 51.0 Å². The summed E-state index contributed by atoms with van der Waals surface area (Å²) in [5.41, 5.74) is 1.74. The number of piperazine rings is 1. The zero-order valence-corrected chi connectivity index (χ0v) is 13.1. The summed E-state index contributed by atoms with van der Waals surface area (Å²) in [6.07, 6.45) is 1.92. The molecule has 5 heteroatoms. The van der Waals surface area contributed by atoms with Crippen molar-refractivity contribution in [2.75, 3.05) is 39.4 Å². The van der Waals surface area contributed by atoms with Crippen molar-refractivity contribution in [3.05, 3.63) is 29.1 Å². The van der Waals surface area contributed by atoms with Crippen LogP contribution in [0.5, 0.6) is 5.75 Å². The topological polar surface area (TPSA) is 44.7 Å². The van der Waals surface area contributed by atoms with Gasteiger partial charge in [0.05, 0.1) is 0 Å². The zero-order chi connectivity index (χ0) is 15.5. The summed E-state index contributed by atoms with van der Waals surface area (Å²) < 4.78 is 19.4. The lowest BCUT2D eigenvalue weighted by Crippen LogP contribution is -2.47. The highest BCUT2D eigenvalue weighted by Crippen LogP contribution is 2.41. The minimum atomic E-state index is -0.521. The summed E-state index contributed by atoms with van der Waals surface area (Å²) in [4.78, 5) is 2.40. The molecule has 1 atom stereocenters. The predicted octanol–water partition coefficient (Wildman–Crippen LogP) is 2.21. The zero-order valence-electron chi connectivity index (χ0n) is 13.1. The Balaban J connectivity index is 1.98. The van der Waals surface area contributed by atoms with Crippen LogP contribution < -0.4 is 5.32 Å². The molecule has 3 rings (SSSR count). The average Bonchev–Trinajstić information content (AvgIpc) is 2.57. The number of aryl methyl sites for hydroxylation is 1. The molecule has 0 unspecified atom stereocenters. The fourth-order valence-electron chi connectivity index (χ4n) is 3.76. The number of rotatable bonds is 3. The minimum Gasteiger partial charge on any atom is -0.505 e. The van der Waals surface area contributed by atoms with Crippen LogP contribution in [-0.2, 0) is 4.74 Å². The summed E-state index contributed by atoms with van der Waals surface area (Å²) in [7, 11) is 0. The monoisotopic (exact) mass is 308 g/mol. The van der Waals surface area contributed by atoms with Gasteiger partial charge in [-0.05, 0) is 37.3 Å². The van der Waals surface area contributed by atoms with Crippen molar-refractivity contribution in [2.24, 2.45) is 5.92 Å². The number of hydrogen-bond acceptors (Lipinski definition) is 4. The van der Waals surface area contributed by atoms with Gasteiger partial charge in [-0.1, -0.05) is 6.07 Å². The second-order valence-electron chi connectivity index (χ2n) is 6.31. The Morgan fingerprint density at radius 3 is 2.64 bits per heavy atom. The highest BCUT2D eigenvalue weighted by Gasteiger charge is 2.34. The van der Waals surface area contributed by atoms with Crippen LogP contribution in [0.15, 0.2) is 12.1 Å². The molecule has 0 aromatic heterocycles. The van der Waals surface area contributed by atoms with E-state index in [0.29, 0.717) is 5.92 Å². The van der Waals surface area contributed by atoms with Gasteiger partial charge in [-0.15, -0.1) is 0 Å². The molecule has 2 heterocycles. The van der Waals surface area contributed by atoms with Gasteiger partial charge in [-0.3, -0.25) is 4.90 Å². The number of aromatic hydroxyl groups is 1. The maximum atomic E-state index is 13.9. The van der Waals surface area contributed by atoms with Crippen molar-refractivity contribution in [2.45, 2.75) is 25.8 Å². The van der Waals surface area contributed by atoms with E-state index in [2.05, 4.69) is 10.2 Å². The van der Waals surface area contributed by atoms with Crippen molar-refractivity contribution < 1.29 is 14.2 Å². The van der Waals surface area contributed by atoms with E-state index in [1.54, 1.807) is 6.07 Å². The molecule has 0 spiro atoms. The average molecular weight is 308 g/mol. The fraction of sp³-hybridized carbons (Fsp3) is 0.647. The number of nitrogens with one attached hydrogen (secondary N) is 1. The molecule has 122 valence electrons. The van der Waals surface area contributed by atoms with Crippen LogP contribution >= 0.6 is 0 Å². The first-order valence-electron chi connectivity index (χ1n) is 8.19. The van der Waals surface area contributed by atoms with Gasteiger partial charge < -0.3 is 15.2 Å². The first-order valence-corrected chi connectivity index (χ1v) is 8.19. The smallest absolute Gasteiger partial charge is 0.165 e. The lowest BCUT2D eigenvalue weighted by atomic mass is 9.83. The van der Waals surface area contributed by atoms with E-state index in [9.17, 15) is 9.50 Å². The Kier molecular flexibility index (Phi) is 4.96. The Labute approximate surface area is 131 Å². The van der Waals surface area contributed by atoms with Gasteiger partial charge in [0.1, 0.15) is 0 Å². The maximum absolute atomic E-state index is 13.9. The number of hydrogen-bond donors (Lipinski definition) is 2. The third kappa shape index (κ3) is 3.12. The van der Waals surface area contributed by atoms with Gasteiger partial charge in [0.25, 0.3) is 0 Å². The van der Waals surface area contributed by atoms with E-state index in [-0.39, 0.29) is 11.8 Å². The third-order valence-corrected chi connectivity index (χ3v) is 4.94. The lowest BCUT2D eigenvalue weighted by molar-refractivity contribution is 0.0203. The van der Waals surface area contributed by atoms with E-state index >= 15 is 0 Å². The van der Waals surface area contributed by atoms with Gasteiger partial charge in [-0.2, -0.15) is 0 Å². The van der Waals surface area contributed by atoms with Crippen LogP contribution in [0.4, 0.5) is 4.39 Å². The van der Waals surface area contributed by atoms with Crippen molar-refractivity contribution >= 4 is 0 Å². The molecule has 1 aromatic rings.